The molecular formula is C25H18F3NO4. The molecule has 0 aliphatic rings. The maximum absolute atomic E-state index is 15.9. The Hall–Kier alpha value is -4.07. The number of rotatable bonds is 4. The summed E-state index contributed by atoms with van der Waals surface area (Å²) in [6.45, 7) is 1.45. The molecule has 0 aliphatic heterocycles. The summed E-state index contributed by atoms with van der Waals surface area (Å²) >= 11 is 0. The monoisotopic (exact) mass is 453 g/mol. The number of halogens is 3. The van der Waals surface area contributed by atoms with Crippen molar-refractivity contribution in [2.45, 2.75) is 6.92 Å². The van der Waals surface area contributed by atoms with Gasteiger partial charge in [0.25, 0.3) is 5.91 Å². The molecule has 0 radical (unpaired) electrons. The van der Waals surface area contributed by atoms with Crippen LogP contribution in [-0.4, -0.2) is 26.0 Å². The highest BCUT2D eigenvalue weighted by molar-refractivity contribution is 6.12. The molecule has 0 fully saturated rings. The van der Waals surface area contributed by atoms with Crippen molar-refractivity contribution in [3.63, 3.8) is 0 Å². The lowest BCUT2D eigenvalue weighted by Gasteiger charge is -2.11. The fraction of sp³-hybridized carbons (Fsp3) is 0.120. The van der Waals surface area contributed by atoms with E-state index < -0.39 is 29.3 Å². The van der Waals surface area contributed by atoms with E-state index in [1.165, 1.54) is 56.4 Å². The lowest BCUT2D eigenvalue weighted by molar-refractivity contribution is 0.0600. The van der Waals surface area contributed by atoms with Gasteiger partial charge in [-0.15, -0.1) is 0 Å². The van der Waals surface area contributed by atoms with Crippen molar-refractivity contribution in [3.8, 4) is 22.5 Å². The van der Waals surface area contributed by atoms with Crippen LogP contribution in [0, 0.1) is 24.4 Å². The molecule has 0 saturated carbocycles. The Kier molecular flexibility index (Phi) is 5.68. The van der Waals surface area contributed by atoms with Gasteiger partial charge < -0.3 is 14.5 Å². The van der Waals surface area contributed by atoms with E-state index in [4.69, 9.17) is 4.42 Å². The smallest absolute Gasteiger partial charge is 0.337 e. The first-order valence-corrected chi connectivity index (χ1v) is 9.88. The van der Waals surface area contributed by atoms with E-state index in [-0.39, 0.29) is 44.5 Å². The normalized spacial score (nSPS) is 11.0. The van der Waals surface area contributed by atoms with Gasteiger partial charge in [0.1, 0.15) is 28.8 Å². The SMILES string of the molecule is CNC(=O)c1c(-c2ccc(F)cc2)oc2ccc(-c3cc(C(=O)OC)cc(F)c3C)c(F)c12. The van der Waals surface area contributed by atoms with Gasteiger partial charge in [0.15, 0.2) is 0 Å². The molecule has 0 atom stereocenters. The summed E-state index contributed by atoms with van der Waals surface area (Å²) < 4.78 is 54.3. The number of nitrogens with one attached hydrogen (secondary N) is 1. The summed E-state index contributed by atoms with van der Waals surface area (Å²) in [6.07, 6.45) is 0. The Morgan fingerprint density at radius 3 is 2.30 bits per heavy atom. The van der Waals surface area contributed by atoms with Crippen LogP contribution in [0.3, 0.4) is 0 Å². The largest absolute Gasteiger partial charge is 0.465 e. The van der Waals surface area contributed by atoms with Gasteiger partial charge in [-0.1, -0.05) is 0 Å². The van der Waals surface area contributed by atoms with Crippen molar-refractivity contribution in [2.75, 3.05) is 14.2 Å². The minimum Gasteiger partial charge on any atom is -0.465 e. The second-order valence-corrected chi connectivity index (χ2v) is 7.31. The molecule has 0 unspecified atom stereocenters. The molecule has 168 valence electrons. The summed E-state index contributed by atoms with van der Waals surface area (Å²) in [5.74, 6) is -3.34. The zero-order chi connectivity index (χ0) is 23.9. The highest BCUT2D eigenvalue weighted by Crippen LogP contribution is 2.39. The zero-order valence-electron chi connectivity index (χ0n) is 17.9. The summed E-state index contributed by atoms with van der Waals surface area (Å²) in [7, 11) is 2.54. The van der Waals surface area contributed by atoms with Gasteiger partial charge >= 0.3 is 5.97 Å². The molecule has 3 aromatic carbocycles. The number of carbonyl (C=O) groups excluding carboxylic acids is 2. The quantitative estimate of drug-likeness (QED) is 0.406. The molecule has 1 aromatic heterocycles. The van der Waals surface area contributed by atoms with Crippen molar-refractivity contribution in [1.29, 1.82) is 0 Å². The third-order valence-corrected chi connectivity index (χ3v) is 5.41. The molecule has 0 saturated heterocycles. The van der Waals surface area contributed by atoms with Crippen LogP contribution in [0.15, 0.2) is 52.9 Å². The van der Waals surface area contributed by atoms with Crippen LogP contribution in [0.1, 0.15) is 26.3 Å². The maximum atomic E-state index is 15.9. The molecular weight excluding hydrogens is 435 g/mol. The standard InChI is InChI=1S/C25H18F3NO4/c1-12-17(10-14(11-18(12)27)25(31)32-3)16-8-9-19-20(22(16)28)21(24(30)29-2)23(33-19)13-4-6-15(26)7-5-13/h4-11H,1-3H3,(H,29,30). The number of amides is 1. The van der Waals surface area contributed by atoms with Crippen LogP contribution in [-0.2, 0) is 4.74 Å². The first-order chi connectivity index (χ1) is 15.8. The molecule has 8 heteroatoms. The lowest BCUT2D eigenvalue weighted by atomic mass is 9.94. The number of fused-ring (bicyclic) bond motifs is 1. The number of hydrogen-bond acceptors (Lipinski definition) is 4. The van der Waals surface area contributed by atoms with Crippen LogP contribution in [0.25, 0.3) is 33.4 Å². The number of ether oxygens (including phenoxy) is 1. The van der Waals surface area contributed by atoms with Gasteiger partial charge in [-0.3, -0.25) is 4.79 Å². The van der Waals surface area contributed by atoms with E-state index in [1.54, 1.807) is 0 Å². The van der Waals surface area contributed by atoms with E-state index in [2.05, 4.69) is 10.1 Å². The van der Waals surface area contributed by atoms with Crippen LogP contribution < -0.4 is 5.32 Å². The number of methoxy groups -OCH3 is 1. The van der Waals surface area contributed by atoms with E-state index in [0.29, 0.717) is 5.56 Å². The number of esters is 1. The Morgan fingerprint density at radius 2 is 1.67 bits per heavy atom. The number of hydrogen-bond donors (Lipinski definition) is 1. The van der Waals surface area contributed by atoms with E-state index in [0.717, 1.165) is 13.2 Å². The third kappa shape index (κ3) is 3.73. The minimum atomic E-state index is -0.826. The Morgan fingerprint density at radius 1 is 0.970 bits per heavy atom. The second-order valence-electron chi connectivity index (χ2n) is 7.31. The van der Waals surface area contributed by atoms with Gasteiger partial charge in [0.2, 0.25) is 0 Å². The number of furan rings is 1. The molecule has 1 N–H and O–H groups in total. The molecule has 0 bridgehead atoms. The Labute approximate surface area is 186 Å². The topological polar surface area (TPSA) is 68.5 Å². The minimum absolute atomic E-state index is 0.0266. The van der Waals surface area contributed by atoms with Crippen LogP contribution in [0.4, 0.5) is 13.2 Å². The maximum Gasteiger partial charge on any atom is 0.337 e. The first-order valence-electron chi connectivity index (χ1n) is 9.88. The molecule has 33 heavy (non-hydrogen) atoms. The number of benzene rings is 3. The highest BCUT2D eigenvalue weighted by Gasteiger charge is 2.27. The Balaban J connectivity index is 2.02. The van der Waals surface area contributed by atoms with Gasteiger partial charge in [0, 0.05) is 18.2 Å². The first kappa shape index (κ1) is 22.1. The lowest BCUT2D eigenvalue weighted by Crippen LogP contribution is -2.18. The fourth-order valence-electron chi connectivity index (χ4n) is 3.70. The summed E-state index contributed by atoms with van der Waals surface area (Å²) in [5.41, 5.74) is 0.508. The van der Waals surface area contributed by atoms with Crippen molar-refractivity contribution < 1.29 is 31.9 Å². The Bertz CT molecular complexity index is 1410. The summed E-state index contributed by atoms with van der Waals surface area (Å²) in [4.78, 5) is 24.7. The van der Waals surface area contributed by atoms with E-state index in [9.17, 15) is 18.4 Å². The van der Waals surface area contributed by atoms with Crippen molar-refractivity contribution in [3.05, 3.63) is 82.7 Å². The predicted molar refractivity (Wildman–Crippen MR) is 116 cm³/mol. The van der Waals surface area contributed by atoms with Gasteiger partial charge in [-0.25, -0.2) is 18.0 Å². The second kappa shape index (κ2) is 8.46. The molecule has 0 spiro atoms. The predicted octanol–water partition coefficient (Wildman–Crippen LogP) is 5.64. The molecule has 0 aliphatic carbocycles. The molecule has 4 aromatic rings. The molecule has 5 nitrogen and oxygen atoms in total. The van der Waals surface area contributed by atoms with Crippen molar-refractivity contribution in [1.82, 2.24) is 5.32 Å². The fourth-order valence-corrected chi connectivity index (χ4v) is 3.70. The van der Waals surface area contributed by atoms with E-state index >= 15 is 4.39 Å². The van der Waals surface area contributed by atoms with Crippen LogP contribution >= 0.6 is 0 Å². The average molecular weight is 453 g/mol. The van der Waals surface area contributed by atoms with Crippen molar-refractivity contribution >= 4 is 22.8 Å². The zero-order valence-corrected chi connectivity index (χ0v) is 17.9. The third-order valence-electron chi connectivity index (χ3n) is 5.41. The average Bonchev–Trinajstić information content (AvgIpc) is 3.21. The van der Waals surface area contributed by atoms with E-state index in [1.807, 2.05) is 0 Å². The highest BCUT2D eigenvalue weighted by atomic mass is 19.1. The van der Waals surface area contributed by atoms with Crippen molar-refractivity contribution in [2.24, 2.45) is 0 Å². The molecule has 1 heterocycles. The molecule has 4 rings (SSSR count). The summed E-state index contributed by atoms with van der Waals surface area (Å²) in [5, 5.41) is 2.34. The number of carbonyl (C=O) groups is 2. The van der Waals surface area contributed by atoms with Gasteiger partial charge in [0.05, 0.1) is 23.6 Å². The molecule has 1 amide bonds. The van der Waals surface area contributed by atoms with Gasteiger partial charge in [-0.2, -0.15) is 0 Å². The van der Waals surface area contributed by atoms with Crippen LogP contribution in [0.5, 0.6) is 0 Å². The van der Waals surface area contributed by atoms with Crippen LogP contribution in [0.2, 0.25) is 0 Å². The summed E-state index contributed by atoms with van der Waals surface area (Å²) in [6, 6.07) is 10.4. The van der Waals surface area contributed by atoms with Gasteiger partial charge in [-0.05, 0) is 66.6 Å².